The number of thioether (sulfide) groups is 2. The topological polar surface area (TPSA) is 55.1 Å². The number of hydrogen-bond donors (Lipinski definition) is 2. The van der Waals surface area contributed by atoms with Crippen LogP contribution >= 0.6 is 23.5 Å². The summed E-state index contributed by atoms with van der Waals surface area (Å²) in [6.07, 6.45) is 0. The minimum Gasteiger partial charge on any atom is -0.354 e. The highest BCUT2D eigenvalue weighted by Gasteiger charge is 2.21. The monoisotopic (exact) mass is 296 g/mol. The highest BCUT2D eigenvalue weighted by atomic mass is 32.2. The van der Waals surface area contributed by atoms with Gasteiger partial charge in [0.2, 0.25) is 5.91 Å². The minimum atomic E-state index is -0.234. The lowest BCUT2D eigenvalue weighted by Crippen LogP contribution is -2.38. The molecule has 104 valence electrons. The lowest BCUT2D eigenvalue weighted by molar-refractivity contribution is -0.122. The molecule has 5 heteroatoms. The summed E-state index contributed by atoms with van der Waals surface area (Å²) in [5, 5.41) is 3.59. The third kappa shape index (κ3) is 4.44. The van der Waals surface area contributed by atoms with Crippen LogP contribution < -0.4 is 11.1 Å². The molecule has 1 saturated heterocycles. The Balaban J connectivity index is 1.86. The summed E-state index contributed by atoms with van der Waals surface area (Å²) in [4.78, 5) is 12.2. The van der Waals surface area contributed by atoms with E-state index in [0.29, 0.717) is 11.8 Å². The van der Waals surface area contributed by atoms with Crippen LogP contribution in [0.1, 0.15) is 11.5 Å². The smallest absolute Gasteiger partial charge is 0.228 e. The molecule has 3 N–H and O–H groups in total. The van der Waals surface area contributed by atoms with Crippen LogP contribution in [0.3, 0.4) is 0 Å². The second-order valence-electron chi connectivity index (χ2n) is 4.51. The summed E-state index contributed by atoms with van der Waals surface area (Å²) >= 11 is 3.92. The molecule has 0 bridgehead atoms. The van der Waals surface area contributed by atoms with E-state index in [4.69, 9.17) is 5.73 Å². The minimum absolute atomic E-state index is 0.0462. The number of benzene rings is 1. The third-order valence-corrected chi connectivity index (χ3v) is 5.99. The Morgan fingerprint density at radius 3 is 2.79 bits per heavy atom. The Morgan fingerprint density at radius 1 is 1.37 bits per heavy atom. The van der Waals surface area contributed by atoms with Crippen LogP contribution in [0.15, 0.2) is 30.3 Å². The van der Waals surface area contributed by atoms with Crippen LogP contribution in [0.4, 0.5) is 0 Å². The lowest BCUT2D eigenvalue weighted by atomic mass is 9.98. The van der Waals surface area contributed by atoms with Gasteiger partial charge in [0.15, 0.2) is 0 Å². The first-order chi connectivity index (χ1) is 9.31. The number of rotatable bonds is 5. The maximum atomic E-state index is 12.2. The van der Waals surface area contributed by atoms with Gasteiger partial charge in [-0.2, -0.15) is 23.5 Å². The van der Waals surface area contributed by atoms with Crippen molar-refractivity contribution in [3.8, 4) is 0 Å². The van der Waals surface area contributed by atoms with Gasteiger partial charge in [0, 0.05) is 35.6 Å². The van der Waals surface area contributed by atoms with E-state index in [0.717, 1.165) is 17.9 Å². The summed E-state index contributed by atoms with van der Waals surface area (Å²) in [5.74, 6) is 3.35. The molecule has 0 radical (unpaired) electrons. The number of carbonyl (C=O) groups excluding carboxylic acids is 1. The van der Waals surface area contributed by atoms with Gasteiger partial charge in [0.1, 0.15) is 0 Å². The molecule has 2 atom stereocenters. The van der Waals surface area contributed by atoms with Gasteiger partial charge in [-0.1, -0.05) is 30.3 Å². The highest BCUT2D eigenvalue weighted by Crippen LogP contribution is 2.23. The average Bonchev–Trinajstić information content (AvgIpc) is 2.48. The molecule has 1 heterocycles. The Bertz CT molecular complexity index is 394. The van der Waals surface area contributed by atoms with Crippen molar-refractivity contribution in [3.63, 3.8) is 0 Å². The summed E-state index contributed by atoms with van der Waals surface area (Å²) in [6, 6.07) is 9.76. The van der Waals surface area contributed by atoms with E-state index in [9.17, 15) is 4.79 Å². The highest BCUT2D eigenvalue weighted by molar-refractivity contribution is 8.06. The molecule has 3 nitrogen and oxygen atoms in total. The van der Waals surface area contributed by atoms with Crippen molar-refractivity contribution in [2.24, 2.45) is 5.73 Å². The predicted molar refractivity (Wildman–Crippen MR) is 84.8 cm³/mol. The van der Waals surface area contributed by atoms with Gasteiger partial charge >= 0.3 is 0 Å². The number of nitrogens with one attached hydrogen (secondary N) is 1. The first-order valence-electron chi connectivity index (χ1n) is 6.53. The van der Waals surface area contributed by atoms with Gasteiger partial charge in [-0.15, -0.1) is 0 Å². The van der Waals surface area contributed by atoms with E-state index in [1.807, 2.05) is 53.9 Å². The van der Waals surface area contributed by atoms with Gasteiger partial charge in [-0.3, -0.25) is 4.79 Å². The number of carbonyl (C=O) groups is 1. The van der Waals surface area contributed by atoms with Crippen LogP contribution in [0, 0.1) is 0 Å². The molecule has 1 fully saturated rings. The summed E-state index contributed by atoms with van der Waals surface area (Å²) in [7, 11) is 0. The second-order valence-corrected chi connectivity index (χ2v) is 7.07. The van der Waals surface area contributed by atoms with E-state index >= 15 is 0 Å². The van der Waals surface area contributed by atoms with Crippen molar-refractivity contribution < 1.29 is 4.79 Å². The Hall–Kier alpha value is -0.650. The van der Waals surface area contributed by atoms with Crippen molar-refractivity contribution in [2.75, 3.05) is 30.3 Å². The first kappa shape index (κ1) is 14.8. The van der Waals surface area contributed by atoms with E-state index < -0.39 is 0 Å². The SMILES string of the molecule is NCC(C(=O)NCC1CSCCS1)c1ccccc1. The molecular weight excluding hydrogens is 276 g/mol. The number of nitrogens with two attached hydrogens (primary N) is 1. The molecular formula is C14H20N2OS2. The summed E-state index contributed by atoms with van der Waals surface area (Å²) < 4.78 is 0. The van der Waals surface area contributed by atoms with Gasteiger partial charge in [0.25, 0.3) is 0 Å². The molecule has 1 aliphatic heterocycles. The van der Waals surface area contributed by atoms with Gasteiger partial charge in [-0.25, -0.2) is 0 Å². The standard InChI is InChI=1S/C14H20N2OS2/c15-8-13(11-4-2-1-3-5-11)14(17)16-9-12-10-18-6-7-19-12/h1-5,12-13H,6-10,15H2,(H,16,17). The zero-order chi connectivity index (χ0) is 13.5. The van der Waals surface area contributed by atoms with Crippen LogP contribution in [0.5, 0.6) is 0 Å². The molecule has 2 unspecified atom stereocenters. The van der Waals surface area contributed by atoms with Gasteiger partial charge < -0.3 is 11.1 Å². The maximum Gasteiger partial charge on any atom is 0.228 e. The third-order valence-electron chi connectivity index (χ3n) is 3.14. The van der Waals surface area contributed by atoms with Crippen LogP contribution in [0.2, 0.25) is 0 Å². The Kier molecular flexibility index (Phi) is 6.07. The van der Waals surface area contributed by atoms with Crippen molar-refractivity contribution in [3.05, 3.63) is 35.9 Å². The zero-order valence-electron chi connectivity index (χ0n) is 10.9. The number of amides is 1. The molecule has 0 aliphatic carbocycles. The Labute approximate surface area is 123 Å². The van der Waals surface area contributed by atoms with Crippen LogP contribution in [-0.2, 0) is 4.79 Å². The molecule has 0 aromatic heterocycles. The fraction of sp³-hybridized carbons (Fsp3) is 0.500. The van der Waals surface area contributed by atoms with E-state index in [2.05, 4.69) is 5.32 Å². The van der Waals surface area contributed by atoms with Crippen molar-refractivity contribution >= 4 is 29.4 Å². The van der Waals surface area contributed by atoms with Crippen molar-refractivity contribution in [2.45, 2.75) is 11.2 Å². The van der Waals surface area contributed by atoms with Gasteiger partial charge in [-0.05, 0) is 5.56 Å². The van der Waals surface area contributed by atoms with Crippen molar-refractivity contribution in [1.29, 1.82) is 0 Å². The fourth-order valence-electron chi connectivity index (χ4n) is 2.07. The normalized spacial score (nSPS) is 20.8. The van der Waals surface area contributed by atoms with E-state index in [-0.39, 0.29) is 11.8 Å². The van der Waals surface area contributed by atoms with Gasteiger partial charge in [0.05, 0.1) is 5.92 Å². The molecule has 1 aromatic carbocycles. The summed E-state index contributed by atoms with van der Waals surface area (Å²) in [5.41, 5.74) is 6.74. The molecule has 0 saturated carbocycles. The second kappa shape index (κ2) is 7.82. The van der Waals surface area contributed by atoms with Crippen molar-refractivity contribution in [1.82, 2.24) is 5.32 Å². The Morgan fingerprint density at radius 2 is 2.16 bits per heavy atom. The molecule has 2 rings (SSSR count). The van der Waals surface area contributed by atoms with Crippen LogP contribution in [-0.4, -0.2) is 41.5 Å². The fourth-order valence-corrected chi connectivity index (χ4v) is 4.68. The largest absolute Gasteiger partial charge is 0.354 e. The van der Waals surface area contributed by atoms with Crippen LogP contribution in [0.25, 0.3) is 0 Å². The summed E-state index contributed by atoms with van der Waals surface area (Å²) in [6.45, 7) is 1.10. The molecule has 1 aromatic rings. The van der Waals surface area contributed by atoms with E-state index in [1.54, 1.807) is 0 Å². The molecule has 1 aliphatic rings. The predicted octanol–water partition coefficient (Wildman–Crippen LogP) is 1.69. The molecule has 19 heavy (non-hydrogen) atoms. The quantitative estimate of drug-likeness (QED) is 0.868. The maximum absolute atomic E-state index is 12.2. The lowest BCUT2D eigenvalue weighted by Gasteiger charge is -2.22. The molecule has 1 amide bonds. The molecule has 0 spiro atoms. The van der Waals surface area contributed by atoms with E-state index in [1.165, 1.54) is 11.5 Å². The number of hydrogen-bond acceptors (Lipinski definition) is 4. The first-order valence-corrected chi connectivity index (χ1v) is 8.73. The average molecular weight is 296 g/mol. The zero-order valence-corrected chi connectivity index (χ0v) is 12.5.